The highest BCUT2D eigenvalue weighted by Gasteiger charge is 2.25. The Morgan fingerprint density at radius 3 is 3.00 bits per heavy atom. The van der Waals surface area contributed by atoms with E-state index in [1.54, 1.807) is 0 Å². The number of halogens is 1. The average molecular weight is 281 g/mol. The zero-order valence-electron chi connectivity index (χ0n) is 11.4. The summed E-state index contributed by atoms with van der Waals surface area (Å²) < 4.78 is 0. The number of carbonyl (C=O) groups is 1. The molecule has 4 heteroatoms. The lowest BCUT2D eigenvalue weighted by molar-refractivity contribution is -0.124. The highest BCUT2D eigenvalue weighted by Crippen LogP contribution is 2.19. The molecule has 0 bridgehead atoms. The van der Waals surface area contributed by atoms with Gasteiger partial charge in [-0.3, -0.25) is 4.79 Å². The van der Waals surface area contributed by atoms with E-state index in [9.17, 15) is 4.79 Å². The smallest absolute Gasteiger partial charge is 0.237 e. The van der Waals surface area contributed by atoms with Crippen molar-refractivity contribution >= 4 is 17.5 Å². The lowest BCUT2D eigenvalue weighted by atomic mass is 9.93. The van der Waals surface area contributed by atoms with Gasteiger partial charge in [-0.1, -0.05) is 30.7 Å². The molecule has 19 heavy (non-hydrogen) atoms. The van der Waals surface area contributed by atoms with Crippen LogP contribution in [0.25, 0.3) is 0 Å². The van der Waals surface area contributed by atoms with Crippen molar-refractivity contribution in [3.8, 4) is 0 Å². The van der Waals surface area contributed by atoms with Crippen LogP contribution >= 0.6 is 11.6 Å². The van der Waals surface area contributed by atoms with Crippen LogP contribution in [-0.4, -0.2) is 18.5 Å². The molecule has 0 aromatic heterocycles. The number of carbonyl (C=O) groups excluding carboxylic acids is 1. The number of nitrogens with one attached hydrogen (secondary N) is 2. The van der Waals surface area contributed by atoms with E-state index in [1.165, 1.54) is 0 Å². The molecule has 104 valence electrons. The van der Waals surface area contributed by atoms with Gasteiger partial charge < -0.3 is 10.6 Å². The zero-order chi connectivity index (χ0) is 13.8. The van der Waals surface area contributed by atoms with E-state index in [0.29, 0.717) is 10.9 Å². The fourth-order valence-corrected chi connectivity index (χ4v) is 2.68. The van der Waals surface area contributed by atoms with Gasteiger partial charge in [0.25, 0.3) is 0 Å². The number of rotatable bonds is 3. The Labute approximate surface area is 119 Å². The molecule has 2 unspecified atom stereocenters. The maximum absolute atomic E-state index is 12.2. The third-order valence-electron chi connectivity index (χ3n) is 3.69. The number of piperidine rings is 1. The van der Waals surface area contributed by atoms with Crippen molar-refractivity contribution in [2.45, 2.75) is 38.8 Å². The normalized spacial score (nSPS) is 24.8. The Hall–Kier alpha value is -1.06. The monoisotopic (exact) mass is 280 g/mol. The summed E-state index contributed by atoms with van der Waals surface area (Å²) in [5.41, 5.74) is 1.03. The SMILES string of the molecule is CC1CCNC(C(=O)N[C@H](C)c2cccc(Cl)c2)C1. The Kier molecular flexibility index (Phi) is 4.83. The van der Waals surface area contributed by atoms with E-state index in [-0.39, 0.29) is 18.0 Å². The van der Waals surface area contributed by atoms with Crippen molar-refractivity contribution in [2.75, 3.05) is 6.54 Å². The standard InChI is InChI=1S/C15H21ClN2O/c1-10-6-7-17-14(8-10)15(19)18-11(2)12-4-3-5-13(16)9-12/h3-5,9-11,14,17H,6-8H2,1-2H3,(H,18,19)/t10?,11-,14?/m1/s1. The maximum Gasteiger partial charge on any atom is 0.237 e. The molecular formula is C15H21ClN2O. The third-order valence-corrected chi connectivity index (χ3v) is 3.92. The van der Waals surface area contributed by atoms with Gasteiger partial charge in [-0.2, -0.15) is 0 Å². The fraction of sp³-hybridized carbons (Fsp3) is 0.533. The van der Waals surface area contributed by atoms with Gasteiger partial charge >= 0.3 is 0 Å². The molecule has 0 saturated carbocycles. The van der Waals surface area contributed by atoms with Crippen LogP contribution in [0.1, 0.15) is 38.3 Å². The van der Waals surface area contributed by atoms with Gasteiger partial charge in [-0.15, -0.1) is 0 Å². The number of amides is 1. The fourth-order valence-electron chi connectivity index (χ4n) is 2.48. The van der Waals surface area contributed by atoms with Crippen LogP contribution in [0.5, 0.6) is 0 Å². The van der Waals surface area contributed by atoms with E-state index in [4.69, 9.17) is 11.6 Å². The molecule has 1 amide bonds. The first-order valence-corrected chi connectivity index (χ1v) is 7.23. The summed E-state index contributed by atoms with van der Waals surface area (Å²) in [7, 11) is 0. The molecular weight excluding hydrogens is 260 g/mol. The lowest BCUT2D eigenvalue weighted by Gasteiger charge is -2.28. The summed E-state index contributed by atoms with van der Waals surface area (Å²) in [6.07, 6.45) is 2.06. The van der Waals surface area contributed by atoms with E-state index in [0.717, 1.165) is 24.9 Å². The van der Waals surface area contributed by atoms with Crippen molar-refractivity contribution in [1.29, 1.82) is 0 Å². The molecule has 1 heterocycles. The summed E-state index contributed by atoms with van der Waals surface area (Å²) in [5, 5.41) is 7.03. The largest absolute Gasteiger partial charge is 0.348 e. The van der Waals surface area contributed by atoms with E-state index >= 15 is 0 Å². The van der Waals surface area contributed by atoms with E-state index < -0.39 is 0 Å². The van der Waals surface area contributed by atoms with Crippen LogP contribution in [0, 0.1) is 5.92 Å². The van der Waals surface area contributed by atoms with Gasteiger partial charge in [0.15, 0.2) is 0 Å². The van der Waals surface area contributed by atoms with Crippen LogP contribution in [0.3, 0.4) is 0 Å². The molecule has 1 aromatic rings. The minimum absolute atomic E-state index is 0.0229. The van der Waals surface area contributed by atoms with Crippen LogP contribution < -0.4 is 10.6 Å². The van der Waals surface area contributed by atoms with Crippen molar-refractivity contribution in [2.24, 2.45) is 5.92 Å². The Bertz CT molecular complexity index is 450. The molecule has 1 fully saturated rings. The summed E-state index contributed by atoms with van der Waals surface area (Å²) in [6.45, 7) is 5.10. The highest BCUT2D eigenvalue weighted by molar-refractivity contribution is 6.30. The van der Waals surface area contributed by atoms with Gasteiger partial charge in [-0.05, 0) is 49.9 Å². The van der Waals surface area contributed by atoms with E-state index in [1.807, 2.05) is 31.2 Å². The van der Waals surface area contributed by atoms with Crippen LogP contribution in [0.4, 0.5) is 0 Å². The Morgan fingerprint density at radius 1 is 1.53 bits per heavy atom. The predicted molar refractivity (Wildman–Crippen MR) is 78.2 cm³/mol. The van der Waals surface area contributed by atoms with Gasteiger partial charge in [0, 0.05) is 5.02 Å². The molecule has 2 rings (SSSR count). The molecule has 3 nitrogen and oxygen atoms in total. The first kappa shape index (κ1) is 14.4. The van der Waals surface area contributed by atoms with Crippen molar-refractivity contribution in [1.82, 2.24) is 10.6 Å². The van der Waals surface area contributed by atoms with Crippen molar-refractivity contribution < 1.29 is 4.79 Å². The molecule has 0 aliphatic carbocycles. The molecule has 0 radical (unpaired) electrons. The Balaban J connectivity index is 1.94. The molecule has 0 spiro atoms. The van der Waals surface area contributed by atoms with E-state index in [2.05, 4.69) is 17.6 Å². The maximum atomic E-state index is 12.2. The topological polar surface area (TPSA) is 41.1 Å². The second kappa shape index (κ2) is 6.40. The average Bonchev–Trinajstić information content (AvgIpc) is 2.38. The summed E-state index contributed by atoms with van der Waals surface area (Å²) in [5.74, 6) is 0.692. The molecule has 1 aromatic carbocycles. The highest BCUT2D eigenvalue weighted by atomic mass is 35.5. The first-order valence-electron chi connectivity index (χ1n) is 6.85. The molecule has 3 atom stereocenters. The predicted octanol–water partition coefficient (Wildman–Crippen LogP) is 2.91. The van der Waals surface area contributed by atoms with Gasteiger partial charge in [-0.25, -0.2) is 0 Å². The number of hydrogen-bond acceptors (Lipinski definition) is 2. The van der Waals surface area contributed by atoms with Crippen LogP contribution in [0.2, 0.25) is 5.02 Å². The molecule has 1 saturated heterocycles. The zero-order valence-corrected chi connectivity index (χ0v) is 12.2. The van der Waals surface area contributed by atoms with Crippen molar-refractivity contribution in [3.63, 3.8) is 0 Å². The number of benzene rings is 1. The Morgan fingerprint density at radius 2 is 2.32 bits per heavy atom. The van der Waals surface area contributed by atoms with Crippen molar-refractivity contribution in [3.05, 3.63) is 34.9 Å². The summed E-state index contributed by atoms with van der Waals surface area (Å²) in [6, 6.07) is 7.53. The summed E-state index contributed by atoms with van der Waals surface area (Å²) >= 11 is 5.97. The van der Waals surface area contributed by atoms with Crippen LogP contribution in [-0.2, 0) is 4.79 Å². The first-order chi connectivity index (χ1) is 9.06. The lowest BCUT2D eigenvalue weighted by Crippen LogP contribution is -2.48. The second-order valence-electron chi connectivity index (χ2n) is 5.42. The summed E-state index contributed by atoms with van der Waals surface area (Å²) in [4.78, 5) is 12.2. The number of hydrogen-bond donors (Lipinski definition) is 2. The van der Waals surface area contributed by atoms with Gasteiger partial charge in [0.2, 0.25) is 5.91 Å². The minimum Gasteiger partial charge on any atom is -0.348 e. The molecule has 1 aliphatic heterocycles. The minimum atomic E-state index is -0.0645. The van der Waals surface area contributed by atoms with Gasteiger partial charge in [0.1, 0.15) is 0 Å². The van der Waals surface area contributed by atoms with Gasteiger partial charge in [0.05, 0.1) is 12.1 Å². The third kappa shape index (κ3) is 3.95. The molecule has 2 N–H and O–H groups in total. The van der Waals surface area contributed by atoms with Crippen LogP contribution in [0.15, 0.2) is 24.3 Å². The molecule has 1 aliphatic rings. The quantitative estimate of drug-likeness (QED) is 0.894. The second-order valence-corrected chi connectivity index (χ2v) is 5.86.